The van der Waals surface area contributed by atoms with Gasteiger partial charge in [-0.15, -0.1) is 0 Å². The van der Waals surface area contributed by atoms with E-state index in [0.717, 1.165) is 19.3 Å². The Balaban J connectivity index is 1.96. The smallest absolute Gasteiger partial charge is 0.254 e. The maximum Gasteiger partial charge on any atom is 0.254 e. The van der Waals surface area contributed by atoms with Crippen molar-refractivity contribution in [2.24, 2.45) is 11.8 Å². The Morgan fingerprint density at radius 2 is 2.00 bits per heavy atom. The molecule has 0 radical (unpaired) electrons. The second-order valence-electron chi connectivity index (χ2n) is 6.87. The summed E-state index contributed by atoms with van der Waals surface area (Å²) in [6.45, 7) is 8.02. The van der Waals surface area contributed by atoms with Gasteiger partial charge in [-0.1, -0.05) is 13.8 Å². The van der Waals surface area contributed by atoms with Crippen molar-refractivity contribution in [1.29, 1.82) is 0 Å². The number of aryl methyl sites for hydroxylation is 1. The number of aliphatic hydroxyl groups is 1. The van der Waals surface area contributed by atoms with Crippen molar-refractivity contribution in [2.75, 3.05) is 13.1 Å². The molecule has 1 saturated heterocycles. The predicted molar refractivity (Wildman–Crippen MR) is 90.5 cm³/mol. The molecule has 5 heteroatoms. The zero-order valence-electron chi connectivity index (χ0n) is 14.4. The molecule has 0 saturated carbocycles. The Morgan fingerprint density at radius 1 is 1.35 bits per heavy atom. The van der Waals surface area contributed by atoms with E-state index in [2.05, 4.69) is 13.8 Å². The largest absolute Gasteiger partial charge is 0.393 e. The highest BCUT2D eigenvalue weighted by atomic mass is 16.3. The Morgan fingerprint density at radius 3 is 2.52 bits per heavy atom. The van der Waals surface area contributed by atoms with Gasteiger partial charge in [0.1, 0.15) is 0 Å². The van der Waals surface area contributed by atoms with Crippen molar-refractivity contribution in [1.82, 2.24) is 9.47 Å². The highest BCUT2D eigenvalue weighted by molar-refractivity contribution is 5.94. The Bertz CT molecular complexity index is 586. The molecule has 1 N–H and O–H groups in total. The molecule has 0 aromatic carbocycles. The first-order chi connectivity index (χ1) is 10.9. The van der Waals surface area contributed by atoms with Gasteiger partial charge >= 0.3 is 0 Å². The number of nitrogens with zero attached hydrogens (tertiary/aromatic N) is 2. The van der Waals surface area contributed by atoms with E-state index in [0.29, 0.717) is 31.1 Å². The predicted octanol–water partition coefficient (Wildman–Crippen LogP) is 2.13. The van der Waals surface area contributed by atoms with Crippen LogP contribution in [0.1, 0.15) is 50.4 Å². The summed E-state index contributed by atoms with van der Waals surface area (Å²) in [5.41, 5.74) is 0.321. The summed E-state index contributed by atoms with van der Waals surface area (Å²) in [7, 11) is 0. The minimum Gasteiger partial charge on any atom is -0.393 e. The van der Waals surface area contributed by atoms with Gasteiger partial charge in [0.15, 0.2) is 0 Å². The van der Waals surface area contributed by atoms with E-state index in [9.17, 15) is 14.7 Å². The molecular weight excluding hydrogens is 292 g/mol. The third kappa shape index (κ3) is 4.44. The van der Waals surface area contributed by atoms with E-state index in [-0.39, 0.29) is 23.5 Å². The normalized spacial score (nSPS) is 17.5. The Kier molecular flexibility index (Phi) is 5.99. The molecule has 0 spiro atoms. The highest BCUT2D eigenvalue weighted by Gasteiger charge is 2.28. The van der Waals surface area contributed by atoms with E-state index in [1.165, 1.54) is 6.07 Å². The molecule has 128 valence electrons. The van der Waals surface area contributed by atoms with E-state index in [1.807, 2.05) is 6.92 Å². The minimum absolute atomic E-state index is 0.0813. The number of aliphatic hydroxyl groups excluding tert-OH is 1. The number of hydrogen-bond acceptors (Lipinski definition) is 3. The maximum absolute atomic E-state index is 12.5. The molecule has 1 amide bonds. The monoisotopic (exact) mass is 320 g/mol. The van der Waals surface area contributed by atoms with Gasteiger partial charge in [0.05, 0.1) is 6.10 Å². The molecule has 1 aromatic heterocycles. The zero-order chi connectivity index (χ0) is 17.0. The molecule has 1 aliphatic heterocycles. The molecule has 1 aromatic rings. The van der Waals surface area contributed by atoms with Crippen LogP contribution >= 0.6 is 0 Å². The fourth-order valence-electron chi connectivity index (χ4n) is 3.25. The number of carbonyl (C=O) groups is 1. The van der Waals surface area contributed by atoms with Gasteiger partial charge in [0, 0.05) is 37.5 Å². The molecule has 0 aliphatic carbocycles. The first-order valence-corrected chi connectivity index (χ1v) is 8.60. The quantitative estimate of drug-likeness (QED) is 0.904. The summed E-state index contributed by atoms with van der Waals surface area (Å²) in [6.07, 6.45) is 3.86. The topological polar surface area (TPSA) is 62.5 Å². The molecule has 1 aliphatic rings. The number of carbonyl (C=O) groups excluding carboxylic acids is 1. The SMILES string of the molecule is CCn1ccc(C(=O)N2CCC([C@@H](O)CC(C)C)CC2)cc1=O. The summed E-state index contributed by atoms with van der Waals surface area (Å²) >= 11 is 0. The molecule has 23 heavy (non-hydrogen) atoms. The van der Waals surface area contributed by atoms with Crippen LogP contribution < -0.4 is 5.56 Å². The number of amides is 1. The lowest BCUT2D eigenvalue weighted by atomic mass is 9.87. The van der Waals surface area contributed by atoms with E-state index >= 15 is 0 Å². The van der Waals surface area contributed by atoms with Gasteiger partial charge < -0.3 is 14.6 Å². The fraction of sp³-hybridized carbons (Fsp3) is 0.667. The third-order valence-electron chi connectivity index (χ3n) is 4.67. The lowest BCUT2D eigenvalue weighted by molar-refractivity contribution is 0.0385. The third-order valence-corrected chi connectivity index (χ3v) is 4.67. The molecule has 2 rings (SSSR count). The van der Waals surface area contributed by atoms with Gasteiger partial charge in [0.25, 0.3) is 11.5 Å². The van der Waals surface area contributed by atoms with E-state index in [1.54, 1.807) is 21.7 Å². The number of piperidine rings is 1. The van der Waals surface area contributed by atoms with Gasteiger partial charge in [0.2, 0.25) is 0 Å². The number of pyridine rings is 1. The molecular formula is C18H28N2O3. The highest BCUT2D eigenvalue weighted by Crippen LogP contribution is 2.25. The summed E-state index contributed by atoms with van der Waals surface area (Å²) in [5.74, 6) is 0.673. The maximum atomic E-state index is 12.5. The van der Waals surface area contributed by atoms with Crippen LogP contribution in [0.2, 0.25) is 0 Å². The van der Waals surface area contributed by atoms with Crippen LogP contribution in [0, 0.1) is 11.8 Å². The molecule has 1 atom stereocenters. The Hall–Kier alpha value is -1.62. The Labute approximate surface area is 137 Å². The van der Waals surface area contributed by atoms with E-state index < -0.39 is 0 Å². The van der Waals surface area contributed by atoms with Crippen LogP contribution in [-0.2, 0) is 6.54 Å². The molecule has 0 unspecified atom stereocenters. The molecule has 0 bridgehead atoms. The van der Waals surface area contributed by atoms with Crippen LogP contribution in [0.15, 0.2) is 23.1 Å². The molecule has 5 nitrogen and oxygen atoms in total. The first-order valence-electron chi connectivity index (χ1n) is 8.60. The van der Waals surface area contributed by atoms with Crippen LogP contribution in [-0.4, -0.2) is 39.7 Å². The van der Waals surface area contributed by atoms with E-state index in [4.69, 9.17) is 0 Å². The summed E-state index contributed by atoms with van der Waals surface area (Å²) in [5, 5.41) is 10.2. The van der Waals surface area contributed by atoms with Crippen LogP contribution in [0.3, 0.4) is 0 Å². The van der Waals surface area contributed by atoms with Crippen molar-refractivity contribution in [2.45, 2.75) is 52.7 Å². The lowest BCUT2D eigenvalue weighted by Crippen LogP contribution is -2.41. The molecule has 2 heterocycles. The summed E-state index contributed by atoms with van der Waals surface area (Å²) in [4.78, 5) is 26.2. The van der Waals surface area contributed by atoms with Gasteiger partial charge in [-0.2, -0.15) is 0 Å². The van der Waals surface area contributed by atoms with Crippen molar-refractivity contribution < 1.29 is 9.90 Å². The lowest BCUT2D eigenvalue weighted by Gasteiger charge is -2.34. The number of likely N-dealkylation sites (tertiary alicyclic amines) is 1. The first kappa shape index (κ1) is 17.7. The zero-order valence-corrected chi connectivity index (χ0v) is 14.4. The summed E-state index contributed by atoms with van der Waals surface area (Å²) < 4.78 is 1.57. The van der Waals surface area contributed by atoms with Crippen molar-refractivity contribution in [3.63, 3.8) is 0 Å². The molecule has 1 fully saturated rings. The van der Waals surface area contributed by atoms with Crippen LogP contribution in [0.25, 0.3) is 0 Å². The number of hydrogen-bond donors (Lipinski definition) is 1. The van der Waals surface area contributed by atoms with Crippen molar-refractivity contribution in [3.8, 4) is 0 Å². The number of aromatic nitrogens is 1. The van der Waals surface area contributed by atoms with Crippen LogP contribution in [0.5, 0.6) is 0 Å². The number of rotatable bonds is 5. The average Bonchev–Trinajstić information content (AvgIpc) is 2.53. The minimum atomic E-state index is -0.277. The summed E-state index contributed by atoms with van der Waals surface area (Å²) in [6, 6.07) is 3.14. The van der Waals surface area contributed by atoms with Gasteiger partial charge in [-0.3, -0.25) is 9.59 Å². The van der Waals surface area contributed by atoms with Crippen LogP contribution in [0.4, 0.5) is 0 Å². The second kappa shape index (κ2) is 7.77. The fourth-order valence-corrected chi connectivity index (χ4v) is 3.25. The standard InChI is InChI=1S/C18H28N2O3/c1-4-19-8-7-15(12-17(19)22)18(23)20-9-5-14(6-10-20)16(21)11-13(2)3/h7-8,12-14,16,21H,4-6,9-11H2,1-3H3/t16-/m0/s1. The van der Waals surface area contributed by atoms with Gasteiger partial charge in [-0.05, 0) is 44.1 Å². The second-order valence-corrected chi connectivity index (χ2v) is 6.87. The van der Waals surface area contributed by atoms with Crippen molar-refractivity contribution >= 4 is 5.91 Å². The van der Waals surface area contributed by atoms with Crippen molar-refractivity contribution in [3.05, 3.63) is 34.2 Å². The van der Waals surface area contributed by atoms with Gasteiger partial charge in [-0.25, -0.2) is 0 Å². The average molecular weight is 320 g/mol.